The van der Waals surface area contributed by atoms with E-state index in [-0.39, 0.29) is 26.2 Å². The van der Waals surface area contributed by atoms with Gasteiger partial charge in [-0.15, -0.1) is 0 Å². The van der Waals surface area contributed by atoms with Crippen molar-refractivity contribution in [3.63, 3.8) is 0 Å². The molecule has 0 bridgehead atoms. The van der Waals surface area contributed by atoms with Gasteiger partial charge in [0.05, 0.1) is 18.5 Å². The van der Waals surface area contributed by atoms with E-state index >= 15 is 0 Å². The van der Waals surface area contributed by atoms with Crippen LogP contribution >= 0.6 is 11.9 Å². The monoisotopic (exact) mass is 198 g/mol. The molecule has 0 rings (SSSR count). The average molecular weight is 200 g/mol. The molecule has 0 aromatic heterocycles. The van der Waals surface area contributed by atoms with Gasteiger partial charge >= 0.3 is 0 Å². The summed E-state index contributed by atoms with van der Waals surface area (Å²) in [5.41, 5.74) is 0. The van der Waals surface area contributed by atoms with Crippen LogP contribution in [0.1, 0.15) is 19.8 Å². The molecule has 7 heavy (non-hydrogen) atoms. The van der Waals surface area contributed by atoms with E-state index < -0.39 is 0 Å². The normalized spacial score (nSPS) is 7.71. The molecule has 0 saturated carbocycles. The van der Waals surface area contributed by atoms with E-state index in [0.717, 1.165) is 12.8 Å². The van der Waals surface area contributed by atoms with E-state index in [4.69, 9.17) is 11.9 Å². The first-order valence-electron chi connectivity index (χ1n) is 2.15. The van der Waals surface area contributed by atoms with Gasteiger partial charge in [-0.05, 0) is 6.42 Å². The van der Waals surface area contributed by atoms with Crippen LogP contribution < -0.4 is 0 Å². The third-order valence-corrected chi connectivity index (χ3v) is 0.729. The van der Waals surface area contributed by atoms with Gasteiger partial charge in [0.15, 0.2) is 0 Å². The molecule has 1 nitrogen and oxygen atoms in total. The van der Waals surface area contributed by atoms with Gasteiger partial charge in [-0.2, -0.15) is 0 Å². The Balaban J connectivity index is 0. The molecular formula is C4H9ClOZr. The average Bonchev–Trinajstić information content (AvgIpc) is 1.61. The Hall–Kier alpha value is 1.13. The molecule has 0 atom stereocenters. The fourth-order valence-corrected chi connectivity index (χ4v) is 0.308. The van der Waals surface area contributed by atoms with E-state index in [1.807, 2.05) is 0 Å². The fourth-order valence-electron chi connectivity index (χ4n) is 0.199. The van der Waals surface area contributed by atoms with Crippen molar-refractivity contribution >= 4 is 11.9 Å². The van der Waals surface area contributed by atoms with E-state index in [1.165, 1.54) is 0 Å². The van der Waals surface area contributed by atoms with E-state index in [1.54, 1.807) is 0 Å². The Morgan fingerprint density at radius 3 is 2.29 bits per heavy atom. The SMILES string of the molecule is CCCCOCl.[Zr]. The smallest absolute Gasteiger partial charge is 0.0682 e. The zero-order valence-corrected chi connectivity index (χ0v) is 7.62. The number of unbranched alkanes of at least 4 members (excludes halogenated alkanes) is 1. The van der Waals surface area contributed by atoms with Crippen molar-refractivity contribution in [3.05, 3.63) is 0 Å². The van der Waals surface area contributed by atoms with Crippen molar-refractivity contribution < 1.29 is 30.5 Å². The first-order valence-corrected chi connectivity index (χ1v) is 2.46. The second kappa shape index (κ2) is 10.2. The molecule has 42 valence electrons. The molecule has 3 heteroatoms. The zero-order chi connectivity index (χ0) is 4.83. The Kier molecular flexibility index (Phi) is 16.0. The Morgan fingerprint density at radius 1 is 1.57 bits per heavy atom. The number of rotatable bonds is 3. The van der Waals surface area contributed by atoms with Crippen LogP contribution in [0.4, 0.5) is 0 Å². The predicted molar refractivity (Wildman–Crippen MR) is 26.7 cm³/mol. The molecule has 0 fully saturated rings. The van der Waals surface area contributed by atoms with Gasteiger partial charge in [0.2, 0.25) is 0 Å². The van der Waals surface area contributed by atoms with Crippen LogP contribution in [0.2, 0.25) is 0 Å². The minimum atomic E-state index is 0. The Bertz CT molecular complexity index is 23.7. The van der Waals surface area contributed by atoms with Gasteiger partial charge in [0.1, 0.15) is 0 Å². The maximum Gasteiger partial charge on any atom is 0.0682 e. The Labute approximate surface area is 68.7 Å². The van der Waals surface area contributed by atoms with E-state index in [0.29, 0.717) is 6.61 Å². The molecule has 0 aliphatic carbocycles. The van der Waals surface area contributed by atoms with Crippen molar-refractivity contribution in [3.8, 4) is 0 Å². The third kappa shape index (κ3) is 11.0. The standard InChI is InChI=1S/C4H9ClO.Zr/c1-2-3-4-6-5;/h2-4H2,1H3;. The summed E-state index contributed by atoms with van der Waals surface area (Å²) in [6.07, 6.45) is 2.20. The van der Waals surface area contributed by atoms with Crippen molar-refractivity contribution in [1.82, 2.24) is 0 Å². The number of halogens is 1. The molecule has 0 aromatic rings. The maximum absolute atomic E-state index is 4.88. The van der Waals surface area contributed by atoms with Gasteiger partial charge in [-0.3, -0.25) is 4.29 Å². The summed E-state index contributed by atoms with van der Waals surface area (Å²) in [5.74, 6) is 0. The van der Waals surface area contributed by atoms with Crippen molar-refractivity contribution in [2.75, 3.05) is 6.61 Å². The third-order valence-electron chi connectivity index (χ3n) is 0.575. The quantitative estimate of drug-likeness (QED) is 0.632. The summed E-state index contributed by atoms with van der Waals surface area (Å²) in [5, 5.41) is 0. The molecule has 0 N–H and O–H groups in total. The molecular weight excluding hydrogens is 191 g/mol. The second-order valence-corrected chi connectivity index (χ2v) is 1.39. The second-order valence-electron chi connectivity index (χ2n) is 1.17. The summed E-state index contributed by atoms with van der Waals surface area (Å²) >= 11 is 4.88. The van der Waals surface area contributed by atoms with Gasteiger partial charge in [-0.25, -0.2) is 0 Å². The minimum absolute atomic E-state index is 0. The molecule has 0 spiro atoms. The molecule has 0 heterocycles. The van der Waals surface area contributed by atoms with Crippen LogP contribution in [0, 0.1) is 0 Å². The minimum Gasteiger partial charge on any atom is -0.279 e. The van der Waals surface area contributed by atoms with Gasteiger partial charge in [0.25, 0.3) is 0 Å². The predicted octanol–water partition coefficient (Wildman–Crippen LogP) is 1.95. The number of hydrogen-bond acceptors (Lipinski definition) is 1. The van der Waals surface area contributed by atoms with Crippen LogP contribution in [0.5, 0.6) is 0 Å². The maximum atomic E-state index is 4.88. The van der Waals surface area contributed by atoms with E-state index in [9.17, 15) is 0 Å². The fraction of sp³-hybridized carbons (Fsp3) is 1.00. The van der Waals surface area contributed by atoms with E-state index in [2.05, 4.69) is 11.2 Å². The van der Waals surface area contributed by atoms with Crippen LogP contribution in [-0.4, -0.2) is 6.61 Å². The topological polar surface area (TPSA) is 9.23 Å². The van der Waals surface area contributed by atoms with Crippen molar-refractivity contribution in [1.29, 1.82) is 0 Å². The van der Waals surface area contributed by atoms with Gasteiger partial charge in [-0.1, -0.05) is 13.3 Å². The van der Waals surface area contributed by atoms with Crippen LogP contribution in [0.25, 0.3) is 0 Å². The summed E-state index contributed by atoms with van der Waals surface area (Å²) in [4.78, 5) is 0. The van der Waals surface area contributed by atoms with Crippen LogP contribution in [-0.2, 0) is 30.5 Å². The molecule has 0 unspecified atom stereocenters. The summed E-state index contributed by atoms with van der Waals surface area (Å²) in [6, 6.07) is 0. The zero-order valence-electron chi connectivity index (χ0n) is 4.41. The molecule has 0 radical (unpaired) electrons. The van der Waals surface area contributed by atoms with Crippen molar-refractivity contribution in [2.24, 2.45) is 0 Å². The molecule has 0 aliphatic rings. The summed E-state index contributed by atoms with van der Waals surface area (Å²) in [7, 11) is 0. The van der Waals surface area contributed by atoms with Crippen LogP contribution in [0.15, 0.2) is 0 Å². The van der Waals surface area contributed by atoms with Crippen LogP contribution in [0.3, 0.4) is 0 Å². The largest absolute Gasteiger partial charge is 0.279 e. The van der Waals surface area contributed by atoms with Gasteiger partial charge in [0, 0.05) is 26.2 Å². The Morgan fingerprint density at radius 2 is 2.14 bits per heavy atom. The molecule has 0 aliphatic heterocycles. The van der Waals surface area contributed by atoms with Gasteiger partial charge < -0.3 is 0 Å². The summed E-state index contributed by atoms with van der Waals surface area (Å²) < 4.78 is 4.25. The number of hydrogen-bond donors (Lipinski definition) is 0. The van der Waals surface area contributed by atoms with Crippen molar-refractivity contribution in [2.45, 2.75) is 19.8 Å². The molecule has 0 aromatic carbocycles. The summed E-state index contributed by atoms with van der Waals surface area (Å²) in [6.45, 7) is 2.77. The first-order chi connectivity index (χ1) is 2.91. The molecule has 0 saturated heterocycles. The first kappa shape index (κ1) is 11.0. The molecule has 0 amide bonds.